The summed E-state index contributed by atoms with van der Waals surface area (Å²) in [6.45, 7) is 9.29. The SMILES string of the molecule is Cc1cccc(C)c1NC(=O)c1ccc(Nc2nc(-c3cccc(CN4CCN(C)CC4)c3)c3ccccc3n2)cc1. The van der Waals surface area contributed by atoms with Crippen molar-refractivity contribution in [3.8, 4) is 11.3 Å². The van der Waals surface area contributed by atoms with E-state index < -0.39 is 0 Å². The third-order valence-corrected chi connectivity index (χ3v) is 7.93. The molecule has 0 bridgehead atoms. The van der Waals surface area contributed by atoms with Crippen molar-refractivity contribution in [3.63, 3.8) is 0 Å². The highest BCUT2D eigenvalue weighted by Crippen LogP contribution is 2.29. The molecule has 42 heavy (non-hydrogen) atoms. The maximum Gasteiger partial charge on any atom is 0.255 e. The fourth-order valence-electron chi connectivity index (χ4n) is 5.47. The van der Waals surface area contributed by atoms with Gasteiger partial charge in [0.25, 0.3) is 5.91 Å². The zero-order valence-electron chi connectivity index (χ0n) is 24.4. The standard InChI is InChI=1S/C35H36N6O/c1-24-8-6-9-25(2)32(24)38-34(42)27-14-16-29(17-15-27)36-35-37-31-13-5-4-12-30(31)33(39-35)28-11-7-10-26(22-28)23-41-20-18-40(3)19-21-41/h4-17,22H,18-21,23H2,1-3H3,(H,38,42)(H,36,37,39). The molecule has 7 heteroatoms. The van der Waals surface area contributed by atoms with Gasteiger partial charge in [0, 0.05) is 60.6 Å². The first-order chi connectivity index (χ1) is 20.4. The van der Waals surface area contributed by atoms with E-state index in [1.807, 2.05) is 74.5 Å². The van der Waals surface area contributed by atoms with E-state index in [1.54, 1.807) is 0 Å². The second-order valence-electron chi connectivity index (χ2n) is 11.1. The molecule has 0 radical (unpaired) electrons. The zero-order chi connectivity index (χ0) is 29.1. The number of carbonyl (C=O) groups excluding carboxylic acids is 1. The Morgan fingerprint density at radius 2 is 1.52 bits per heavy atom. The Kier molecular flexibility index (Phi) is 7.95. The highest BCUT2D eigenvalue weighted by atomic mass is 16.1. The molecular weight excluding hydrogens is 520 g/mol. The van der Waals surface area contributed by atoms with Crippen LogP contribution in [0.25, 0.3) is 22.2 Å². The first-order valence-electron chi connectivity index (χ1n) is 14.4. The predicted molar refractivity (Wildman–Crippen MR) is 171 cm³/mol. The van der Waals surface area contributed by atoms with Crippen LogP contribution in [0.15, 0.2) is 91.0 Å². The van der Waals surface area contributed by atoms with Crippen molar-refractivity contribution < 1.29 is 4.79 Å². The fraction of sp³-hybridized carbons (Fsp3) is 0.229. The van der Waals surface area contributed by atoms with Gasteiger partial charge in [-0.1, -0.05) is 54.6 Å². The van der Waals surface area contributed by atoms with Crippen LogP contribution < -0.4 is 10.6 Å². The van der Waals surface area contributed by atoms with E-state index in [2.05, 4.69) is 57.8 Å². The summed E-state index contributed by atoms with van der Waals surface area (Å²) < 4.78 is 0. The minimum Gasteiger partial charge on any atom is -0.324 e. The molecule has 1 aliphatic rings. The van der Waals surface area contributed by atoms with E-state index in [1.165, 1.54) is 5.56 Å². The van der Waals surface area contributed by atoms with Crippen LogP contribution in [0.4, 0.5) is 17.3 Å². The molecular formula is C35H36N6O. The largest absolute Gasteiger partial charge is 0.324 e. The zero-order valence-corrected chi connectivity index (χ0v) is 24.4. The maximum absolute atomic E-state index is 12.9. The van der Waals surface area contributed by atoms with Crippen LogP contribution in [0.3, 0.4) is 0 Å². The Hall–Kier alpha value is -4.59. The highest BCUT2D eigenvalue weighted by molar-refractivity contribution is 6.05. The number of nitrogens with zero attached hydrogens (tertiary/aromatic N) is 4. The lowest BCUT2D eigenvalue weighted by Gasteiger charge is -2.32. The summed E-state index contributed by atoms with van der Waals surface area (Å²) >= 11 is 0. The lowest BCUT2D eigenvalue weighted by atomic mass is 10.0. The second-order valence-corrected chi connectivity index (χ2v) is 11.1. The fourth-order valence-corrected chi connectivity index (χ4v) is 5.47. The number of piperazine rings is 1. The van der Waals surface area contributed by atoms with E-state index in [0.29, 0.717) is 11.5 Å². The Morgan fingerprint density at radius 1 is 0.810 bits per heavy atom. The summed E-state index contributed by atoms with van der Waals surface area (Å²) in [7, 11) is 2.18. The van der Waals surface area contributed by atoms with E-state index in [-0.39, 0.29) is 5.91 Å². The maximum atomic E-state index is 12.9. The van der Waals surface area contributed by atoms with Gasteiger partial charge in [0.05, 0.1) is 11.2 Å². The molecule has 1 aliphatic heterocycles. The van der Waals surface area contributed by atoms with Gasteiger partial charge in [0.15, 0.2) is 0 Å². The van der Waals surface area contributed by atoms with E-state index in [9.17, 15) is 4.79 Å². The van der Waals surface area contributed by atoms with Gasteiger partial charge >= 0.3 is 0 Å². The van der Waals surface area contributed by atoms with Gasteiger partial charge < -0.3 is 15.5 Å². The number of hydrogen-bond donors (Lipinski definition) is 2. The lowest BCUT2D eigenvalue weighted by molar-refractivity contribution is 0.102. The van der Waals surface area contributed by atoms with Crippen LogP contribution in [-0.4, -0.2) is 58.9 Å². The van der Waals surface area contributed by atoms with Crippen molar-refractivity contribution in [2.45, 2.75) is 20.4 Å². The summed E-state index contributed by atoms with van der Waals surface area (Å²) in [6, 6.07) is 30.2. The molecule has 2 heterocycles. The molecule has 4 aromatic carbocycles. The summed E-state index contributed by atoms with van der Waals surface area (Å²) in [5, 5.41) is 7.42. The number of anilines is 3. The minimum absolute atomic E-state index is 0.139. The van der Waals surface area contributed by atoms with Gasteiger partial charge in [0.2, 0.25) is 5.95 Å². The molecule has 7 nitrogen and oxygen atoms in total. The highest BCUT2D eigenvalue weighted by Gasteiger charge is 2.16. The molecule has 0 aliphatic carbocycles. The number of amides is 1. The van der Waals surface area contributed by atoms with E-state index in [0.717, 1.165) is 77.4 Å². The summed E-state index contributed by atoms with van der Waals surface area (Å²) in [5.74, 6) is 0.376. The van der Waals surface area contributed by atoms with Gasteiger partial charge in [-0.05, 0) is 74.0 Å². The summed E-state index contributed by atoms with van der Waals surface area (Å²) in [4.78, 5) is 27.6. The minimum atomic E-state index is -0.139. The number of benzene rings is 4. The van der Waals surface area contributed by atoms with Gasteiger partial charge in [-0.3, -0.25) is 9.69 Å². The smallest absolute Gasteiger partial charge is 0.255 e. The molecule has 212 valence electrons. The Bertz CT molecular complexity index is 1700. The molecule has 5 aromatic rings. The van der Waals surface area contributed by atoms with Crippen molar-refractivity contribution in [2.24, 2.45) is 0 Å². The van der Waals surface area contributed by atoms with Crippen LogP contribution >= 0.6 is 0 Å². The third-order valence-electron chi connectivity index (χ3n) is 7.93. The van der Waals surface area contributed by atoms with Gasteiger partial charge in [-0.15, -0.1) is 0 Å². The number of rotatable bonds is 7. The normalized spacial score (nSPS) is 14.2. The molecule has 2 N–H and O–H groups in total. The summed E-state index contributed by atoms with van der Waals surface area (Å²) in [5.41, 5.74) is 8.45. The number of aromatic nitrogens is 2. The van der Waals surface area contributed by atoms with Crippen LogP contribution in [0.1, 0.15) is 27.0 Å². The summed E-state index contributed by atoms with van der Waals surface area (Å²) in [6.07, 6.45) is 0. The topological polar surface area (TPSA) is 73.4 Å². The van der Waals surface area contributed by atoms with Gasteiger partial charge in [-0.2, -0.15) is 0 Å². The second kappa shape index (κ2) is 12.1. The number of aryl methyl sites for hydroxylation is 2. The Labute approximate surface area is 247 Å². The van der Waals surface area contributed by atoms with Crippen molar-refractivity contribution in [1.29, 1.82) is 0 Å². The number of para-hydroxylation sites is 2. The van der Waals surface area contributed by atoms with Crippen molar-refractivity contribution in [3.05, 3.63) is 113 Å². The molecule has 1 saturated heterocycles. The number of fused-ring (bicyclic) bond motifs is 1. The number of likely N-dealkylation sites (N-methyl/N-ethyl adjacent to an activating group) is 1. The van der Waals surface area contributed by atoms with E-state index in [4.69, 9.17) is 9.97 Å². The molecule has 0 atom stereocenters. The quantitative estimate of drug-likeness (QED) is 0.234. The van der Waals surface area contributed by atoms with Crippen molar-refractivity contribution in [2.75, 3.05) is 43.9 Å². The molecule has 1 fully saturated rings. The van der Waals surface area contributed by atoms with Crippen LogP contribution in [0.5, 0.6) is 0 Å². The Balaban J connectivity index is 1.23. The molecule has 1 aromatic heterocycles. The first kappa shape index (κ1) is 27.6. The average Bonchev–Trinajstić information content (AvgIpc) is 3.00. The monoisotopic (exact) mass is 556 g/mol. The van der Waals surface area contributed by atoms with E-state index >= 15 is 0 Å². The third kappa shape index (κ3) is 6.17. The first-order valence-corrected chi connectivity index (χ1v) is 14.4. The molecule has 6 rings (SSSR count). The van der Waals surface area contributed by atoms with Crippen molar-refractivity contribution >= 4 is 34.1 Å². The molecule has 1 amide bonds. The number of nitrogens with one attached hydrogen (secondary N) is 2. The lowest BCUT2D eigenvalue weighted by Crippen LogP contribution is -2.43. The number of carbonyl (C=O) groups is 1. The average molecular weight is 557 g/mol. The van der Waals surface area contributed by atoms with Crippen LogP contribution in [0.2, 0.25) is 0 Å². The van der Waals surface area contributed by atoms with Gasteiger partial charge in [0.1, 0.15) is 0 Å². The van der Waals surface area contributed by atoms with Crippen LogP contribution in [-0.2, 0) is 6.54 Å². The molecule has 0 spiro atoms. The molecule has 0 saturated carbocycles. The van der Waals surface area contributed by atoms with Crippen molar-refractivity contribution in [1.82, 2.24) is 19.8 Å². The predicted octanol–water partition coefficient (Wildman–Crippen LogP) is 6.66. The molecule has 0 unspecified atom stereocenters. The number of hydrogen-bond acceptors (Lipinski definition) is 6. The Morgan fingerprint density at radius 3 is 2.29 bits per heavy atom. The van der Waals surface area contributed by atoms with Gasteiger partial charge in [-0.25, -0.2) is 9.97 Å². The van der Waals surface area contributed by atoms with Crippen LogP contribution in [0, 0.1) is 13.8 Å².